The lowest BCUT2D eigenvalue weighted by Gasteiger charge is -2.55. The molecule has 3 rings (SSSR count). The molecule has 0 spiro atoms. The first-order valence-corrected chi connectivity index (χ1v) is 10.2. The van der Waals surface area contributed by atoms with Crippen LogP contribution in [0, 0.1) is 0 Å². The number of nitrogens with one attached hydrogen (secondary N) is 2. The van der Waals surface area contributed by atoms with E-state index in [-0.39, 0.29) is 24.8 Å². The Morgan fingerprint density at radius 3 is 2.18 bits per heavy atom. The van der Waals surface area contributed by atoms with Crippen LogP contribution < -0.4 is 10.6 Å². The zero-order chi connectivity index (χ0) is 18.6. The summed E-state index contributed by atoms with van der Waals surface area (Å²) in [6.07, 6.45) is 7.59. The molecule has 3 N–H and O–H groups in total. The van der Waals surface area contributed by atoms with E-state index < -0.39 is 17.0 Å². The molecule has 7 nitrogen and oxygen atoms in total. The van der Waals surface area contributed by atoms with E-state index in [0.29, 0.717) is 12.5 Å². The van der Waals surface area contributed by atoms with Gasteiger partial charge >= 0.3 is 5.97 Å². The Labute approximate surface area is 180 Å². The second-order valence-electron chi connectivity index (χ2n) is 8.29. The lowest BCUT2D eigenvalue weighted by Crippen LogP contribution is -2.74. The van der Waals surface area contributed by atoms with E-state index in [9.17, 15) is 14.7 Å². The molecule has 1 saturated carbocycles. The Kier molecular flexibility index (Phi) is 9.97. The number of piperazine rings is 1. The predicted octanol–water partition coefficient (Wildman–Crippen LogP) is 1.49. The van der Waals surface area contributed by atoms with Crippen molar-refractivity contribution >= 4 is 37.2 Å². The Balaban J connectivity index is 0.00000196. The van der Waals surface area contributed by atoms with E-state index in [0.717, 1.165) is 71.4 Å². The van der Waals surface area contributed by atoms with Crippen LogP contribution in [-0.2, 0) is 9.59 Å². The summed E-state index contributed by atoms with van der Waals surface area (Å²) in [6.45, 7) is 7.28. The first-order valence-electron chi connectivity index (χ1n) is 10.2. The lowest BCUT2D eigenvalue weighted by molar-refractivity contribution is -0.162. The number of amides is 1. The van der Waals surface area contributed by atoms with E-state index in [1.807, 2.05) is 6.92 Å². The quantitative estimate of drug-likeness (QED) is 0.544. The number of nitrogens with zero attached hydrogens (tertiary/aromatic N) is 2. The molecule has 0 aromatic heterocycles. The maximum Gasteiger partial charge on any atom is 0.326 e. The van der Waals surface area contributed by atoms with Gasteiger partial charge in [0.25, 0.3) is 0 Å². The number of rotatable bonds is 6. The minimum absolute atomic E-state index is 0. The molecule has 0 aromatic rings. The first kappa shape index (κ1) is 25.4. The largest absolute Gasteiger partial charge is 0.480 e. The number of piperidine rings is 1. The second-order valence-corrected chi connectivity index (χ2v) is 8.29. The van der Waals surface area contributed by atoms with Crippen molar-refractivity contribution in [3.8, 4) is 0 Å². The fourth-order valence-corrected chi connectivity index (χ4v) is 5.39. The van der Waals surface area contributed by atoms with Gasteiger partial charge < -0.3 is 15.7 Å². The maximum atomic E-state index is 12.5. The highest BCUT2D eigenvalue weighted by atomic mass is 35.5. The van der Waals surface area contributed by atoms with Gasteiger partial charge in [0.05, 0.1) is 5.54 Å². The van der Waals surface area contributed by atoms with Gasteiger partial charge in [-0.05, 0) is 45.7 Å². The molecule has 9 heteroatoms. The molecule has 3 fully saturated rings. The third kappa shape index (κ3) is 4.75. The molecule has 3 aliphatic rings. The van der Waals surface area contributed by atoms with Crippen molar-refractivity contribution in [1.29, 1.82) is 0 Å². The first-order chi connectivity index (χ1) is 12.5. The summed E-state index contributed by atoms with van der Waals surface area (Å²) < 4.78 is 0. The summed E-state index contributed by atoms with van der Waals surface area (Å²) in [5, 5.41) is 16.6. The van der Waals surface area contributed by atoms with E-state index in [2.05, 4.69) is 20.4 Å². The highest BCUT2D eigenvalue weighted by Crippen LogP contribution is 2.41. The minimum Gasteiger partial charge on any atom is -0.480 e. The van der Waals surface area contributed by atoms with Gasteiger partial charge in [-0.15, -0.1) is 24.8 Å². The van der Waals surface area contributed by atoms with Crippen LogP contribution in [-0.4, -0.2) is 83.7 Å². The minimum atomic E-state index is -1.06. The summed E-state index contributed by atoms with van der Waals surface area (Å²) in [5.74, 6) is -0.816. The van der Waals surface area contributed by atoms with Crippen molar-refractivity contribution in [3.63, 3.8) is 0 Å². The molecular formula is C19H36Cl2N4O3. The Morgan fingerprint density at radius 1 is 1.11 bits per heavy atom. The average Bonchev–Trinajstić information content (AvgIpc) is 2.69. The summed E-state index contributed by atoms with van der Waals surface area (Å²) >= 11 is 0. The van der Waals surface area contributed by atoms with E-state index in [1.54, 1.807) is 0 Å². The summed E-state index contributed by atoms with van der Waals surface area (Å²) in [5.41, 5.74) is -1.73. The normalized spacial score (nSPS) is 26.2. The summed E-state index contributed by atoms with van der Waals surface area (Å²) in [6, 6.07) is 0.617. The van der Waals surface area contributed by atoms with Crippen LogP contribution in [0.1, 0.15) is 51.9 Å². The van der Waals surface area contributed by atoms with Crippen LogP contribution in [0.2, 0.25) is 0 Å². The highest BCUT2D eigenvalue weighted by Gasteiger charge is 2.57. The number of halogens is 2. The zero-order valence-corrected chi connectivity index (χ0v) is 18.5. The fourth-order valence-electron chi connectivity index (χ4n) is 5.39. The van der Waals surface area contributed by atoms with Crippen molar-refractivity contribution < 1.29 is 14.7 Å². The third-order valence-corrected chi connectivity index (χ3v) is 7.16. The molecule has 28 heavy (non-hydrogen) atoms. The standard InChI is InChI=1S/C19H34N4O3.2ClH/c1-18(17(25)26,19(21-15-24)7-3-2-4-8-19)23-13-11-22(12-14-23)16-5-9-20-10-6-16;;/h15-16,20H,2-14H2,1H3,(H,21,24)(H,25,26);2*1H. The molecule has 2 heterocycles. The monoisotopic (exact) mass is 438 g/mol. The van der Waals surface area contributed by atoms with Crippen molar-refractivity contribution in [2.75, 3.05) is 39.3 Å². The van der Waals surface area contributed by atoms with Gasteiger partial charge in [-0.1, -0.05) is 19.3 Å². The molecule has 1 aliphatic carbocycles. The Bertz CT molecular complexity index is 505. The van der Waals surface area contributed by atoms with Gasteiger partial charge in [0.15, 0.2) is 0 Å². The number of carboxylic acid groups (broad SMARTS) is 1. The van der Waals surface area contributed by atoms with Crippen molar-refractivity contribution in [1.82, 2.24) is 20.4 Å². The number of carbonyl (C=O) groups excluding carboxylic acids is 1. The molecule has 1 amide bonds. The van der Waals surface area contributed by atoms with Gasteiger partial charge in [0, 0.05) is 32.2 Å². The number of hydrogen-bond donors (Lipinski definition) is 3. The van der Waals surface area contributed by atoms with Crippen LogP contribution >= 0.6 is 24.8 Å². The average molecular weight is 439 g/mol. The van der Waals surface area contributed by atoms with Crippen LogP contribution in [0.25, 0.3) is 0 Å². The summed E-state index contributed by atoms with van der Waals surface area (Å²) in [4.78, 5) is 28.5. The maximum absolute atomic E-state index is 12.5. The SMILES string of the molecule is CC(C(=O)O)(N1CCN(C2CCNCC2)CC1)C1(NC=O)CCCCC1.Cl.Cl. The smallest absolute Gasteiger partial charge is 0.326 e. The molecule has 1 unspecified atom stereocenters. The predicted molar refractivity (Wildman–Crippen MR) is 115 cm³/mol. The second kappa shape index (κ2) is 11.0. The van der Waals surface area contributed by atoms with Gasteiger partial charge in [-0.25, -0.2) is 0 Å². The molecular weight excluding hydrogens is 403 g/mol. The van der Waals surface area contributed by atoms with Crippen molar-refractivity contribution in [3.05, 3.63) is 0 Å². The highest BCUT2D eigenvalue weighted by molar-refractivity contribution is 5.85. The van der Waals surface area contributed by atoms with Crippen molar-refractivity contribution in [2.45, 2.75) is 69.0 Å². The van der Waals surface area contributed by atoms with Gasteiger partial charge in [-0.3, -0.25) is 19.4 Å². The molecule has 2 aliphatic heterocycles. The van der Waals surface area contributed by atoms with E-state index in [4.69, 9.17) is 0 Å². The fraction of sp³-hybridized carbons (Fsp3) is 0.895. The van der Waals surface area contributed by atoms with Crippen molar-refractivity contribution in [2.24, 2.45) is 0 Å². The van der Waals surface area contributed by atoms with Crippen LogP contribution in [0.5, 0.6) is 0 Å². The Hall–Kier alpha value is -0.600. The van der Waals surface area contributed by atoms with Gasteiger partial charge in [0.1, 0.15) is 5.54 Å². The zero-order valence-electron chi connectivity index (χ0n) is 16.8. The molecule has 164 valence electrons. The molecule has 0 bridgehead atoms. The van der Waals surface area contributed by atoms with E-state index in [1.165, 1.54) is 12.8 Å². The molecule has 0 radical (unpaired) electrons. The molecule has 0 aromatic carbocycles. The van der Waals surface area contributed by atoms with Gasteiger partial charge in [0.2, 0.25) is 6.41 Å². The number of aliphatic carboxylic acids is 1. The van der Waals surface area contributed by atoms with Gasteiger partial charge in [-0.2, -0.15) is 0 Å². The molecule has 1 atom stereocenters. The lowest BCUT2D eigenvalue weighted by atomic mass is 9.67. The Morgan fingerprint density at radius 2 is 1.68 bits per heavy atom. The number of carboxylic acids is 1. The summed E-state index contributed by atoms with van der Waals surface area (Å²) in [7, 11) is 0. The molecule has 2 saturated heterocycles. The van der Waals surface area contributed by atoms with Crippen LogP contribution in [0.4, 0.5) is 0 Å². The number of carbonyl (C=O) groups is 2. The van der Waals surface area contributed by atoms with Crippen LogP contribution in [0.15, 0.2) is 0 Å². The third-order valence-electron chi connectivity index (χ3n) is 7.16. The van der Waals surface area contributed by atoms with E-state index >= 15 is 0 Å². The number of hydrogen-bond acceptors (Lipinski definition) is 5. The van der Waals surface area contributed by atoms with Crippen LogP contribution in [0.3, 0.4) is 0 Å². The topological polar surface area (TPSA) is 84.9 Å².